The molecule has 28 heavy (non-hydrogen) atoms. The average Bonchev–Trinajstić information content (AvgIpc) is 2.75. The Bertz CT molecular complexity index is 637. The van der Waals surface area contributed by atoms with E-state index in [-0.39, 0.29) is 5.91 Å². The van der Waals surface area contributed by atoms with E-state index >= 15 is 0 Å². The van der Waals surface area contributed by atoms with Crippen LogP contribution in [-0.4, -0.2) is 66.0 Å². The first-order chi connectivity index (χ1) is 13.6. The molecule has 0 atom stereocenters. The summed E-state index contributed by atoms with van der Waals surface area (Å²) in [6.07, 6.45) is 9.51. The SMILES string of the molecule is CC1CCC(N2CCN(c3ccc(C(=O)N4CCC(C)CC4)cn3)CC2)CC1. The largest absolute Gasteiger partial charge is 0.354 e. The zero-order valence-electron chi connectivity index (χ0n) is 17.6. The van der Waals surface area contributed by atoms with Gasteiger partial charge in [-0.2, -0.15) is 0 Å². The number of piperazine rings is 1. The third-order valence-corrected chi connectivity index (χ3v) is 7.21. The molecular weight excluding hydrogens is 348 g/mol. The van der Waals surface area contributed by atoms with E-state index in [4.69, 9.17) is 0 Å². The van der Waals surface area contributed by atoms with Gasteiger partial charge in [-0.15, -0.1) is 0 Å². The molecule has 0 unspecified atom stereocenters. The van der Waals surface area contributed by atoms with Crippen molar-refractivity contribution in [1.29, 1.82) is 0 Å². The van der Waals surface area contributed by atoms with E-state index < -0.39 is 0 Å². The third kappa shape index (κ3) is 4.51. The quantitative estimate of drug-likeness (QED) is 0.797. The predicted molar refractivity (Wildman–Crippen MR) is 114 cm³/mol. The molecule has 1 saturated carbocycles. The molecule has 0 radical (unpaired) electrons. The first kappa shape index (κ1) is 19.7. The van der Waals surface area contributed by atoms with Crippen LogP contribution >= 0.6 is 0 Å². The molecule has 3 aliphatic rings. The number of piperidine rings is 1. The normalized spacial score (nSPS) is 27.8. The minimum Gasteiger partial charge on any atom is -0.354 e. The molecule has 1 aliphatic carbocycles. The van der Waals surface area contributed by atoms with Crippen LogP contribution in [0.4, 0.5) is 5.82 Å². The second-order valence-corrected chi connectivity index (χ2v) is 9.32. The lowest BCUT2D eigenvalue weighted by Crippen LogP contribution is -2.51. The van der Waals surface area contributed by atoms with Gasteiger partial charge in [0.05, 0.1) is 5.56 Å². The van der Waals surface area contributed by atoms with E-state index in [2.05, 4.69) is 28.6 Å². The molecule has 2 aliphatic heterocycles. The molecule has 2 saturated heterocycles. The summed E-state index contributed by atoms with van der Waals surface area (Å²) in [6, 6.07) is 4.80. The standard InChI is InChI=1S/C23H36N4O/c1-18-3-6-21(7-4-18)25-13-15-26(16-14-25)22-8-5-20(17-24-22)23(28)27-11-9-19(2)10-12-27/h5,8,17-19,21H,3-4,6-7,9-16H2,1-2H3. The van der Waals surface area contributed by atoms with E-state index in [9.17, 15) is 4.79 Å². The van der Waals surface area contributed by atoms with Crippen molar-refractivity contribution >= 4 is 11.7 Å². The van der Waals surface area contributed by atoms with Crippen LogP contribution in [0.25, 0.3) is 0 Å². The van der Waals surface area contributed by atoms with Crippen molar-refractivity contribution in [2.45, 2.75) is 58.4 Å². The zero-order valence-corrected chi connectivity index (χ0v) is 17.6. The van der Waals surface area contributed by atoms with Crippen LogP contribution < -0.4 is 4.90 Å². The van der Waals surface area contributed by atoms with Gasteiger partial charge in [0.25, 0.3) is 5.91 Å². The van der Waals surface area contributed by atoms with Crippen molar-refractivity contribution in [2.75, 3.05) is 44.2 Å². The molecule has 154 valence electrons. The van der Waals surface area contributed by atoms with Crippen LogP contribution in [0, 0.1) is 11.8 Å². The number of likely N-dealkylation sites (tertiary alicyclic amines) is 1. The summed E-state index contributed by atoms with van der Waals surface area (Å²) in [4.78, 5) is 24.4. The summed E-state index contributed by atoms with van der Waals surface area (Å²) in [5.41, 5.74) is 0.730. The summed E-state index contributed by atoms with van der Waals surface area (Å²) >= 11 is 0. The minimum absolute atomic E-state index is 0.141. The molecule has 3 fully saturated rings. The Morgan fingerprint density at radius 1 is 0.857 bits per heavy atom. The number of aromatic nitrogens is 1. The molecule has 0 aromatic carbocycles. The van der Waals surface area contributed by atoms with Crippen LogP contribution in [0.1, 0.15) is 62.7 Å². The van der Waals surface area contributed by atoms with Crippen molar-refractivity contribution < 1.29 is 4.79 Å². The second-order valence-electron chi connectivity index (χ2n) is 9.32. The Balaban J connectivity index is 1.29. The van der Waals surface area contributed by atoms with Crippen LogP contribution in [0.2, 0.25) is 0 Å². The molecule has 1 aromatic rings. The van der Waals surface area contributed by atoms with Crippen molar-refractivity contribution in [3.8, 4) is 0 Å². The predicted octanol–water partition coefficient (Wildman–Crippen LogP) is 3.65. The van der Waals surface area contributed by atoms with Gasteiger partial charge in [0.1, 0.15) is 5.82 Å². The van der Waals surface area contributed by atoms with Crippen molar-refractivity contribution in [3.05, 3.63) is 23.9 Å². The van der Waals surface area contributed by atoms with Gasteiger partial charge in [0.15, 0.2) is 0 Å². The Morgan fingerprint density at radius 3 is 2.11 bits per heavy atom. The highest BCUT2D eigenvalue weighted by Crippen LogP contribution is 2.28. The first-order valence-corrected chi connectivity index (χ1v) is 11.3. The van der Waals surface area contributed by atoms with Crippen molar-refractivity contribution in [1.82, 2.24) is 14.8 Å². The lowest BCUT2D eigenvalue weighted by molar-refractivity contribution is 0.0697. The molecule has 5 heteroatoms. The monoisotopic (exact) mass is 384 g/mol. The maximum Gasteiger partial charge on any atom is 0.255 e. The second kappa shape index (κ2) is 8.81. The highest BCUT2D eigenvalue weighted by atomic mass is 16.2. The van der Waals surface area contributed by atoms with E-state index in [0.717, 1.165) is 81.4 Å². The summed E-state index contributed by atoms with van der Waals surface area (Å²) in [5, 5.41) is 0. The summed E-state index contributed by atoms with van der Waals surface area (Å²) < 4.78 is 0. The van der Waals surface area contributed by atoms with Gasteiger partial charge in [0.2, 0.25) is 0 Å². The fourth-order valence-corrected chi connectivity index (χ4v) is 5.02. The first-order valence-electron chi connectivity index (χ1n) is 11.3. The van der Waals surface area contributed by atoms with Crippen LogP contribution in [-0.2, 0) is 0 Å². The van der Waals surface area contributed by atoms with Gasteiger partial charge >= 0.3 is 0 Å². The average molecular weight is 385 g/mol. The lowest BCUT2D eigenvalue weighted by atomic mass is 9.86. The number of hydrogen-bond donors (Lipinski definition) is 0. The number of pyridine rings is 1. The van der Waals surface area contributed by atoms with E-state index in [1.54, 1.807) is 6.20 Å². The highest BCUT2D eigenvalue weighted by molar-refractivity contribution is 5.94. The maximum atomic E-state index is 12.7. The number of nitrogens with zero attached hydrogens (tertiary/aromatic N) is 4. The fraction of sp³-hybridized carbons (Fsp3) is 0.739. The molecule has 0 N–H and O–H groups in total. The van der Waals surface area contributed by atoms with Gasteiger partial charge in [-0.05, 0) is 62.5 Å². The molecule has 0 spiro atoms. The summed E-state index contributed by atoms with van der Waals surface area (Å²) in [7, 11) is 0. The number of hydrogen-bond acceptors (Lipinski definition) is 4. The molecule has 1 aromatic heterocycles. The van der Waals surface area contributed by atoms with E-state index in [1.807, 2.05) is 17.0 Å². The van der Waals surface area contributed by atoms with Crippen molar-refractivity contribution in [3.63, 3.8) is 0 Å². The smallest absolute Gasteiger partial charge is 0.255 e. The van der Waals surface area contributed by atoms with E-state index in [1.165, 1.54) is 25.7 Å². The van der Waals surface area contributed by atoms with E-state index in [0.29, 0.717) is 0 Å². The number of carbonyl (C=O) groups is 1. The maximum absolute atomic E-state index is 12.7. The molecular formula is C23H36N4O. The summed E-state index contributed by atoms with van der Waals surface area (Å²) in [6.45, 7) is 10.8. The van der Waals surface area contributed by atoms with Crippen LogP contribution in [0.5, 0.6) is 0 Å². The molecule has 1 amide bonds. The molecule has 0 bridgehead atoms. The van der Waals surface area contributed by atoms with Crippen LogP contribution in [0.3, 0.4) is 0 Å². The highest BCUT2D eigenvalue weighted by Gasteiger charge is 2.27. The van der Waals surface area contributed by atoms with Gasteiger partial charge in [-0.1, -0.05) is 13.8 Å². The van der Waals surface area contributed by atoms with Crippen LogP contribution in [0.15, 0.2) is 18.3 Å². The van der Waals surface area contributed by atoms with Crippen molar-refractivity contribution in [2.24, 2.45) is 11.8 Å². The third-order valence-electron chi connectivity index (χ3n) is 7.21. The Morgan fingerprint density at radius 2 is 1.50 bits per heavy atom. The molecule has 5 nitrogen and oxygen atoms in total. The van der Waals surface area contributed by atoms with Gasteiger partial charge in [-0.3, -0.25) is 9.69 Å². The Hall–Kier alpha value is -1.62. The number of amides is 1. The number of carbonyl (C=O) groups excluding carboxylic acids is 1. The Labute approximate surface area is 170 Å². The zero-order chi connectivity index (χ0) is 19.5. The number of anilines is 1. The lowest BCUT2D eigenvalue weighted by Gasteiger charge is -2.42. The molecule has 4 rings (SSSR count). The number of rotatable bonds is 3. The summed E-state index contributed by atoms with van der Waals surface area (Å²) in [5.74, 6) is 2.81. The van der Waals surface area contributed by atoms with Gasteiger partial charge in [-0.25, -0.2) is 4.98 Å². The fourth-order valence-electron chi connectivity index (χ4n) is 5.02. The topological polar surface area (TPSA) is 39.7 Å². The van der Waals surface area contributed by atoms with Gasteiger partial charge in [0, 0.05) is 51.5 Å². The molecule has 3 heterocycles. The van der Waals surface area contributed by atoms with Gasteiger partial charge < -0.3 is 9.80 Å². The minimum atomic E-state index is 0.141. The Kier molecular flexibility index (Phi) is 6.19.